The lowest BCUT2D eigenvalue weighted by molar-refractivity contribution is -0.459. The van der Waals surface area contributed by atoms with E-state index in [1.54, 1.807) is 37.3 Å². The molecule has 0 aliphatic carbocycles. The van der Waals surface area contributed by atoms with Crippen molar-refractivity contribution < 1.29 is 14.4 Å². The van der Waals surface area contributed by atoms with E-state index in [0.717, 1.165) is 5.56 Å². The number of hydroxylamine groups is 1. The van der Waals surface area contributed by atoms with Gasteiger partial charge in [-0.25, -0.2) is 0 Å². The molecule has 1 unspecified atom stereocenters. The SMILES string of the molecule is C#CCOc1ccc(/C=C/[N+]([O-])=NC(C)C(C)=O)cc1. The highest BCUT2D eigenvalue weighted by Crippen LogP contribution is 2.13. The number of ether oxygens (including phenoxy) is 1. The molecular formula is C15H16N2O3. The van der Waals surface area contributed by atoms with Gasteiger partial charge in [0.1, 0.15) is 12.4 Å². The molecule has 0 bridgehead atoms. The topological polar surface area (TPSA) is 64.7 Å². The second-order valence-electron chi connectivity index (χ2n) is 4.08. The maximum atomic E-state index is 11.4. The second kappa shape index (κ2) is 7.74. The molecule has 0 N–H and O–H groups in total. The zero-order valence-corrected chi connectivity index (χ0v) is 11.4. The van der Waals surface area contributed by atoms with Crippen LogP contribution in [0.5, 0.6) is 5.75 Å². The first-order valence-corrected chi connectivity index (χ1v) is 6.05. The Morgan fingerprint density at radius 2 is 2.20 bits per heavy atom. The van der Waals surface area contributed by atoms with Crippen molar-refractivity contribution in [2.45, 2.75) is 19.9 Å². The molecule has 0 saturated carbocycles. The summed E-state index contributed by atoms with van der Waals surface area (Å²) in [6, 6.07) is 6.43. The molecule has 0 aliphatic rings. The minimum atomic E-state index is -0.642. The Morgan fingerprint density at radius 1 is 1.55 bits per heavy atom. The molecule has 0 radical (unpaired) electrons. The Kier molecular flexibility index (Phi) is 5.98. The van der Waals surface area contributed by atoms with E-state index in [1.807, 2.05) is 0 Å². The average molecular weight is 272 g/mol. The molecule has 0 amide bonds. The maximum absolute atomic E-state index is 11.4. The predicted octanol–water partition coefficient (Wildman–Crippen LogP) is 2.61. The summed E-state index contributed by atoms with van der Waals surface area (Å²) in [4.78, 5) is 11.3. The van der Waals surface area contributed by atoms with Crippen LogP contribution in [0.15, 0.2) is 35.6 Å². The smallest absolute Gasteiger partial charge is 0.210 e. The fourth-order valence-electron chi connectivity index (χ4n) is 1.24. The fraction of sp³-hybridized carbons (Fsp3) is 0.267. The number of hydrogen-bond donors (Lipinski definition) is 0. The van der Waals surface area contributed by atoms with E-state index in [4.69, 9.17) is 11.2 Å². The third-order valence-corrected chi connectivity index (χ3v) is 2.47. The van der Waals surface area contributed by atoms with Gasteiger partial charge in [0.15, 0.2) is 11.8 Å². The van der Waals surface area contributed by atoms with Gasteiger partial charge < -0.3 is 9.94 Å². The van der Waals surface area contributed by atoms with E-state index < -0.39 is 6.04 Å². The van der Waals surface area contributed by atoms with E-state index >= 15 is 0 Å². The number of rotatable bonds is 6. The second-order valence-corrected chi connectivity index (χ2v) is 4.08. The van der Waals surface area contributed by atoms with Crippen molar-refractivity contribution in [3.63, 3.8) is 0 Å². The van der Waals surface area contributed by atoms with Gasteiger partial charge in [-0.05, 0) is 36.7 Å². The summed E-state index contributed by atoms with van der Waals surface area (Å²) in [7, 11) is 0. The molecule has 1 atom stereocenters. The number of carbonyl (C=O) groups is 1. The third-order valence-electron chi connectivity index (χ3n) is 2.47. The van der Waals surface area contributed by atoms with Crippen molar-refractivity contribution in [2.75, 3.05) is 6.61 Å². The maximum Gasteiger partial charge on any atom is 0.210 e. The number of hydrogen-bond acceptors (Lipinski definition) is 4. The molecule has 1 aromatic carbocycles. The first-order chi connectivity index (χ1) is 9.52. The summed E-state index contributed by atoms with van der Waals surface area (Å²) in [5, 5.41) is 15.0. The number of azo groups is 1. The Balaban J connectivity index is 2.66. The van der Waals surface area contributed by atoms with Crippen LogP contribution in [0.4, 0.5) is 0 Å². The zero-order chi connectivity index (χ0) is 15.0. The van der Waals surface area contributed by atoms with Gasteiger partial charge in [-0.1, -0.05) is 22.9 Å². The predicted molar refractivity (Wildman–Crippen MR) is 76.0 cm³/mol. The molecular weight excluding hydrogens is 256 g/mol. The quantitative estimate of drug-likeness (QED) is 0.346. The molecule has 5 heteroatoms. The Bertz CT molecular complexity index is 553. The Hall–Kier alpha value is -2.61. The lowest BCUT2D eigenvalue weighted by Crippen LogP contribution is -2.12. The van der Waals surface area contributed by atoms with Crippen molar-refractivity contribution in [1.29, 1.82) is 0 Å². The molecule has 0 fully saturated rings. The van der Waals surface area contributed by atoms with Crippen LogP contribution >= 0.6 is 0 Å². The highest BCUT2D eigenvalue weighted by atomic mass is 16.5. The standard InChI is InChI=1S/C15H16N2O3/c1-4-11-20-15-7-5-14(6-8-15)9-10-17(19)16-12(2)13(3)18/h1,5-10,12H,11H2,2-3H3/b10-9+,17-16?. The molecule has 0 aliphatic heterocycles. The summed E-state index contributed by atoms with van der Waals surface area (Å²) >= 11 is 0. The fourth-order valence-corrected chi connectivity index (χ4v) is 1.24. The van der Waals surface area contributed by atoms with Crippen LogP contribution < -0.4 is 4.74 Å². The first kappa shape index (κ1) is 15.4. The van der Waals surface area contributed by atoms with Gasteiger partial charge in [0.25, 0.3) is 0 Å². The average Bonchev–Trinajstić information content (AvgIpc) is 2.43. The Morgan fingerprint density at radius 3 is 2.75 bits per heavy atom. The molecule has 0 aromatic heterocycles. The van der Waals surface area contributed by atoms with Crippen molar-refractivity contribution in [1.82, 2.24) is 0 Å². The van der Waals surface area contributed by atoms with Crippen LogP contribution in [0.1, 0.15) is 19.4 Å². The van der Waals surface area contributed by atoms with Crippen LogP contribution in [-0.4, -0.2) is 23.3 Å². The van der Waals surface area contributed by atoms with Gasteiger partial charge in [0, 0.05) is 6.08 Å². The molecule has 1 rings (SSSR count). The summed E-state index contributed by atoms with van der Waals surface area (Å²) in [6.07, 6.45) is 7.93. The molecule has 20 heavy (non-hydrogen) atoms. The van der Waals surface area contributed by atoms with Crippen molar-refractivity contribution in [3.8, 4) is 18.1 Å². The van der Waals surface area contributed by atoms with Crippen molar-refractivity contribution >= 4 is 11.9 Å². The lowest BCUT2D eigenvalue weighted by Gasteiger charge is -2.01. The third kappa shape index (κ3) is 5.36. The molecule has 0 heterocycles. The lowest BCUT2D eigenvalue weighted by atomic mass is 10.2. The zero-order valence-electron chi connectivity index (χ0n) is 11.4. The van der Waals surface area contributed by atoms with E-state index in [2.05, 4.69) is 11.0 Å². The van der Waals surface area contributed by atoms with Crippen molar-refractivity contribution in [2.24, 2.45) is 5.11 Å². The van der Waals surface area contributed by atoms with E-state index in [9.17, 15) is 10.0 Å². The largest absolute Gasteiger partial charge is 0.595 e. The van der Waals surface area contributed by atoms with Gasteiger partial charge >= 0.3 is 0 Å². The molecule has 0 saturated heterocycles. The minimum Gasteiger partial charge on any atom is -0.595 e. The van der Waals surface area contributed by atoms with Gasteiger partial charge in [0.2, 0.25) is 6.20 Å². The summed E-state index contributed by atoms with van der Waals surface area (Å²) in [5.41, 5.74) is 0.810. The number of carbonyl (C=O) groups excluding carboxylic acids is 1. The number of nitrogens with zero attached hydrogens (tertiary/aromatic N) is 2. The highest BCUT2D eigenvalue weighted by molar-refractivity contribution is 5.80. The monoisotopic (exact) mass is 272 g/mol. The number of ketones is 1. The molecule has 0 spiro atoms. The van der Waals surface area contributed by atoms with Crippen LogP contribution in [-0.2, 0) is 4.79 Å². The Labute approximate surface area is 118 Å². The molecule has 104 valence electrons. The normalized spacial score (nSPS) is 12.9. The van der Waals surface area contributed by atoms with E-state index in [0.29, 0.717) is 10.6 Å². The summed E-state index contributed by atoms with van der Waals surface area (Å²) in [6.45, 7) is 3.17. The number of Topliss-reactive ketones (excluding diaryl/α,β-unsaturated/α-hetero) is 1. The van der Waals surface area contributed by atoms with Crippen molar-refractivity contribution in [3.05, 3.63) is 41.2 Å². The molecule has 5 nitrogen and oxygen atoms in total. The van der Waals surface area contributed by atoms with E-state index in [1.165, 1.54) is 13.1 Å². The number of terminal acetylenes is 1. The van der Waals surface area contributed by atoms with Crippen LogP contribution in [0.25, 0.3) is 6.08 Å². The van der Waals surface area contributed by atoms with Crippen LogP contribution in [0.3, 0.4) is 0 Å². The number of benzene rings is 1. The minimum absolute atomic E-state index is 0.158. The van der Waals surface area contributed by atoms with Gasteiger partial charge in [0.05, 0.1) is 0 Å². The van der Waals surface area contributed by atoms with Crippen LogP contribution in [0.2, 0.25) is 0 Å². The van der Waals surface area contributed by atoms with Gasteiger partial charge in [-0.2, -0.15) is 0 Å². The van der Waals surface area contributed by atoms with Crippen LogP contribution in [0, 0.1) is 17.6 Å². The first-order valence-electron chi connectivity index (χ1n) is 6.05. The summed E-state index contributed by atoms with van der Waals surface area (Å²) < 4.78 is 5.23. The highest BCUT2D eigenvalue weighted by Gasteiger charge is 2.08. The summed E-state index contributed by atoms with van der Waals surface area (Å²) in [5.74, 6) is 2.88. The van der Waals surface area contributed by atoms with E-state index in [-0.39, 0.29) is 12.4 Å². The molecule has 1 aromatic rings. The van der Waals surface area contributed by atoms with Gasteiger partial charge in [-0.15, -0.1) is 6.42 Å². The van der Waals surface area contributed by atoms with Gasteiger partial charge in [-0.3, -0.25) is 4.79 Å².